The molecule has 0 unspecified atom stereocenters. The minimum absolute atomic E-state index is 0.495. The van der Waals surface area contributed by atoms with Crippen molar-refractivity contribution >= 4 is 12.4 Å². The Balaban J connectivity index is 2.95. The van der Waals surface area contributed by atoms with E-state index >= 15 is 0 Å². The van der Waals surface area contributed by atoms with Gasteiger partial charge in [0.2, 0.25) is 0 Å². The highest BCUT2D eigenvalue weighted by atomic mass is 16.4. The van der Waals surface area contributed by atoms with Crippen LogP contribution in [0.15, 0.2) is 28.5 Å². The molecule has 0 amide bonds. The Morgan fingerprint density at radius 1 is 1.08 bits per heavy atom. The molecule has 0 saturated carbocycles. The largest absolute Gasteiger partial charge is 0.411 e. The molecule has 5 nitrogen and oxygen atoms in total. The molecule has 0 spiro atoms. The molecule has 12 heavy (non-hydrogen) atoms. The molecule has 62 valence electrons. The third kappa shape index (κ3) is 2.05. The fourth-order valence-corrected chi connectivity index (χ4v) is 0.731. The van der Waals surface area contributed by atoms with Gasteiger partial charge in [0.1, 0.15) is 0 Å². The highest BCUT2D eigenvalue weighted by Gasteiger charge is 1.91. The van der Waals surface area contributed by atoms with Gasteiger partial charge in [-0.3, -0.25) is 0 Å². The molecule has 0 radical (unpaired) electrons. The van der Waals surface area contributed by atoms with Crippen LogP contribution < -0.4 is 0 Å². The van der Waals surface area contributed by atoms with E-state index in [1.807, 2.05) is 0 Å². The van der Waals surface area contributed by atoms with Crippen LogP contribution >= 0.6 is 0 Å². The van der Waals surface area contributed by atoms with E-state index < -0.39 is 0 Å². The lowest BCUT2D eigenvalue weighted by Gasteiger charge is -1.92. The van der Waals surface area contributed by atoms with E-state index in [2.05, 4.69) is 15.3 Å². The second kappa shape index (κ2) is 4.07. The average molecular weight is 165 g/mol. The van der Waals surface area contributed by atoms with E-state index in [4.69, 9.17) is 10.4 Å². The fraction of sp³-hybridized carbons (Fsp3) is 0. The summed E-state index contributed by atoms with van der Waals surface area (Å²) in [5.74, 6) is 0. The van der Waals surface area contributed by atoms with Gasteiger partial charge in [0.15, 0.2) is 0 Å². The zero-order valence-electron chi connectivity index (χ0n) is 6.12. The summed E-state index contributed by atoms with van der Waals surface area (Å²) in [7, 11) is 0. The molecule has 1 rings (SSSR count). The van der Waals surface area contributed by atoms with Crippen molar-refractivity contribution in [1.29, 1.82) is 0 Å². The van der Waals surface area contributed by atoms with Crippen LogP contribution in [-0.4, -0.2) is 27.8 Å². The number of oxime groups is 2. The molecule has 2 N–H and O–H groups in total. The van der Waals surface area contributed by atoms with Crippen molar-refractivity contribution in [3.05, 3.63) is 29.6 Å². The zero-order valence-corrected chi connectivity index (χ0v) is 6.12. The zero-order chi connectivity index (χ0) is 8.81. The summed E-state index contributed by atoms with van der Waals surface area (Å²) in [6, 6.07) is 5.03. The molecule has 0 atom stereocenters. The van der Waals surface area contributed by atoms with E-state index in [1.54, 1.807) is 18.2 Å². The summed E-state index contributed by atoms with van der Waals surface area (Å²) in [5, 5.41) is 22.0. The molecule has 0 aromatic carbocycles. The number of nitrogens with zero attached hydrogens (tertiary/aromatic N) is 3. The fourth-order valence-electron chi connectivity index (χ4n) is 0.731. The summed E-state index contributed by atoms with van der Waals surface area (Å²) in [4.78, 5) is 3.93. The molecule has 1 heterocycles. The molecule has 1 aromatic rings. The van der Waals surface area contributed by atoms with Crippen LogP contribution in [0.5, 0.6) is 0 Å². The van der Waals surface area contributed by atoms with Gasteiger partial charge in [-0.05, 0) is 12.1 Å². The van der Waals surface area contributed by atoms with Crippen molar-refractivity contribution in [3.8, 4) is 0 Å². The monoisotopic (exact) mass is 165 g/mol. The van der Waals surface area contributed by atoms with Crippen LogP contribution in [0.2, 0.25) is 0 Å². The van der Waals surface area contributed by atoms with Gasteiger partial charge in [-0.1, -0.05) is 16.4 Å². The van der Waals surface area contributed by atoms with E-state index in [-0.39, 0.29) is 0 Å². The highest BCUT2D eigenvalue weighted by Crippen LogP contribution is 1.94. The lowest BCUT2D eigenvalue weighted by Crippen LogP contribution is -1.92. The Hall–Kier alpha value is -1.91. The van der Waals surface area contributed by atoms with Crippen LogP contribution in [0.1, 0.15) is 11.4 Å². The van der Waals surface area contributed by atoms with Gasteiger partial charge in [-0.2, -0.15) is 0 Å². The van der Waals surface area contributed by atoms with Crippen LogP contribution in [0.25, 0.3) is 0 Å². The van der Waals surface area contributed by atoms with Crippen LogP contribution in [0.4, 0.5) is 0 Å². The standard InChI is InChI=1S/C7H7N3O2/c11-8-4-6-2-1-3-7(10-6)5-9-12/h1-5,11-12H/b8-4-,9-5-. The number of pyridine rings is 1. The molecule has 0 aliphatic carbocycles. The van der Waals surface area contributed by atoms with Gasteiger partial charge in [0.25, 0.3) is 0 Å². The third-order valence-corrected chi connectivity index (χ3v) is 1.17. The van der Waals surface area contributed by atoms with Crippen molar-refractivity contribution in [3.63, 3.8) is 0 Å². The Labute approximate surface area is 68.7 Å². The van der Waals surface area contributed by atoms with Crippen LogP contribution in [0.3, 0.4) is 0 Å². The van der Waals surface area contributed by atoms with Crippen molar-refractivity contribution in [2.45, 2.75) is 0 Å². The normalized spacial score (nSPS) is 11.3. The Morgan fingerprint density at radius 3 is 2.00 bits per heavy atom. The Kier molecular flexibility index (Phi) is 2.78. The predicted octanol–water partition coefficient (Wildman–Crippen LogP) is 0.698. The van der Waals surface area contributed by atoms with Crippen LogP contribution in [-0.2, 0) is 0 Å². The lowest BCUT2D eigenvalue weighted by molar-refractivity contribution is 0.321. The maximum absolute atomic E-state index is 8.19. The smallest absolute Gasteiger partial charge is 0.0918 e. The molecule has 0 fully saturated rings. The van der Waals surface area contributed by atoms with Crippen molar-refractivity contribution in [1.82, 2.24) is 4.98 Å². The molecule has 0 aliphatic rings. The quantitative estimate of drug-likeness (QED) is 0.384. The summed E-state index contributed by atoms with van der Waals surface area (Å²) < 4.78 is 0. The van der Waals surface area contributed by atoms with E-state index in [0.29, 0.717) is 11.4 Å². The van der Waals surface area contributed by atoms with Gasteiger partial charge >= 0.3 is 0 Å². The number of aromatic nitrogens is 1. The maximum atomic E-state index is 8.19. The minimum Gasteiger partial charge on any atom is -0.411 e. The first-order chi connectivity index (χ1) is 5.86. The molecule has 5 heteroatoms. The van der Waals surface area contributed by atoms with Gasteiger partial charge in [-0.15, -0.1) is 0 Å². The minimum atomic E-state index is 0.495. The maximum Gasteiger partial charge on any atom is 0.0918 e. The summed E-state index contributed by atoms with van der Waals surface area (Å²) >= 11 is 0. The van der Waals surface area contributed by atoms with Gasteiger partial charge < -0.3 is 10.4 Å². The molecule has 0 saturated heterocycles. The summed E-state index contributed by atoms with van der Waals surface area (Å²) in [6.07, 6.45) is 2.38. The van der Waals surface area contributed by atoms with E-state index in [0.717, 1.165) is 0 Å². The Bertz CT molecular complexity index is 282. The number of hydrogen-bond donors (Lipinski definition) is 2. The van der Waals surface area contributed by atoms with Gasteiger partial charge in [-0.25, -0.2) is 4.98 Å². The van der Waals surface area contributed by atoms with Crippen molar-refractivity contribution in [2.24, 2.45) is 10.3 Å². The third-order valence-electron chi connectivity index (χ3n) is 1.17. The molecular weight excluding hydrogens is 158 g/mol. The lowest BCUT2D eigenvalue weighted by atomic mass is 10.3. The predicted molar refractivity (Wildman–Crippen MR) is 43.0 cm³/mol. The highest BCUT2D eigenvalue weighted by molar-refractivity contribution is 5.81. The number of hydrogen-bond acceptors (Lipinski definition) is 5. The van der Waals surface area contributed by atoms with E-state index in [1.165, 1.54) is 12.4 Å². The molecular formula is C7H7N3O2. The average Bonchev–Trinajstić information content (AvgIpc) is 2.06. The first-order valence-corrected chi connectivity index (χ1v) is 3.18. The van der Waals surface area contributed by atoms with E-state index in [9.17, 15) is 0 Å². The SMILES string of the molecule is O/N=C\c1cccc(/C=N\O)n1. The van der Waals surface area contributed by atoms with Crippen molar-refractivity contribution in [2.75, 3.05) is 0 Å². The number of rotatable bonds is 2. The summed E-state index contributed by atoms with van der Waals surface area (Å²) in [6.45, 7) is 0. The Morgan fingerprint density at radius 2 is 1.58 bits per heavy atom. The van der Waals surface area contributed by atoms with Gasteiger partial charge in [0.05, 0.1) is 23.8 Å². The second-order valence-electron chi connectivity index (χ2n) is 1.98. The van der Waals surface area contributed by atoms with Crippen LogP contribution in [0, 0.1) is 0 Å². The first-order valence-electron chi connectivity index (χ1n) is 3.18. The molecule has 0 aliphatic heterocycles. The first kappa shape index (κ1) is 8.19. The second-order valence-corrected chi connectivity index (χ2v) is 1.98. The topological polar surface area (TPSA) is 78.1 Å². The molecule has 1 aromatic heterocycles. The summed E-state index contributed by atoms with van der Waals surface area (Å²) in [5.41, 5.74) is 0.991. The molecule has 0 bridgehead atoms. The van der Waals surface area contributed by atoms with Crippen molar-refractivity contribution < 1.29 is 10.4 Å². The van der Waals surface area contributed by atoms with Gasteiger partial charge in [0, 0.05) is 0 Å².